The van der Waals surface area contributed by atoms with Gasteiger partial charge in [0.2, 0.25) is 0 Å². The van der Waals surface area contributed by atoms with Crippen LogP contribution in [0.2, 0.25) is 0 Å². The lowest BCUT2D eigenvalue weighted by Gasteiger charge is -2.30. The largest absolute Gasteiger partial charge is 0.445 e. The second-order valence-corrected chi connectivity index (χ2v) is 7.63. The van der Waals surface area contributed by atoms with E-state index in [2.05, 4.69) is 10.3 Å². The van der Waals surface area contributed by atoms with Gasteiger partial charge in [0.1, 0.15) is 11.6 Å². The molecule has 0 saturated carbocycles. The van der Waals surface area contributed by atoms with Crippen molar-refractivity contribution < 1.29 is 18.4 Å². The number of likely N-dealkylation sites (tertiary alicyclic amines) is 2. The predicted molar refractivity (Wildman–Crippen MR) is 105 cm³/mol. The molecule has 2 aliphatic heterocycles. The van der Waals surface area contributed by atoms with Crippen LogP contribution in [0, 0.1) is 12.7 Å². The molecule has 0 unspecified atom stereocenters. The molecule has 1 aromatic heterocycles. The number of nitrogens with one attached hydrogen (secondary N) is 1. The van der Waals surface area contributed by atoms with Gasteiger partial charge < -0.3 is 19.5 Å². The topological polar surface area (TPSA) is 78.7 Å². The van der Waals surface area contributed by atoms with Crippen molar-refractivity contribution in [3.8, 4) is 0 Å². The first-order valence-electron chi connectivity index (χ1n) is 10.1. The number of rotatable bonds is 3. The zero-order valence-corrected chi connectivity index (χ0v) is 16.5. The maximum atomic E-state index is 13.7. The Bertz CT molecular complexity index is 899. The van der Waals surface area contributed by atoms with Gasteiger partial charge in [0.15, 0.2) is 11.6 Å². The summed E-state index contributed by atoms with van der Waals surface area (Å²) in [6.07, 6.45) is 3.43. The highest BCUT2D eigenvalue weighted by Gasteiger charge is 2.30. The van der Waals surface area contributed by atoms with E-state index in [9.17, 15) is 14.0 Å². The lowest BCUT2D eigenvalue weighted by molar-refractivity contribution is 0.0786. The van der Waals surface area contributed by atoms with Crippen LogP contribution in [0.4, 0.5) is 14.9 Å². The van der Waals surface area contributed by atoms with Crippen molar-refractivity contribution in [3.63, 3.8) is 0 Å². The summed E-state index contributed by atoms with van der Waals surface area (Å²) in [5.74, 6) is 0.667. The number of urea groups is 1. The summed E-state index contributed by atoms with van der Waals surface area (Å²) in [6.45, 7) is 4.35. The third-order valence-corrected chi connectivity index (χ3v) is 5.66. The van der Waals surface area contributed by atoms with E-state index in [-0.39, 0.29) is 23.5 Å². The smallest absolute Gasteiger partial charge is 0.321 e. The summed E-state index contributed by atoms with van der Waals surface area (Å²) in [7, 11) is 0. The first kappa shape index (κ1) is 19.4. The number of para-hydroxylation sites is 1. The fourth-order valence-electron chi connectivity index (χ4n) is 3.95. The minimum Gasteiger partial charge on any atom is -0.445 e. The van der Waals surface area contributed by atoms with Crippen molar-refractivity contribution in [2.75, 3.05) is 31.5 Å². The molecule has 2 fully saturated rings. The average molecular weight is 400 g/mol. The van der Waals surface area contributed by atoms with Gasteiger partial charge in [-0.05, 0) is 44.7 Å². The molecule has 29 heavy (non-hydrogen) atoms. The van der Waals surface area contributed by atoms with Crippen LogP contribution in [-0.4, -0.2) is 52.9 Å². The van der Waals surface area contributed by atoms with Crippen molar-refractivity contribution in [3.05, 3.63) is 47.4 Å². The maximum absolute atomic E-state index is 13.7. The first-order valence-corrected chi connectivity index (χ1v) is 10.1. The number of nitrogens with zero attached hydrogens (tertiary/aromatic N) is 3. The fraction of sp³-hybridized carbons (Fsp3) is 0.476. The molecule has 7 nitrogen and oxygen atoms in total. The average Bonchev–Trinajstić information content (AvgIpc) is 3.39. The van der Waals surface area contributed by atoms with E-state index in [0.29, 0.717) is 43.3 Å². The predicted octanol–water partition coefficient (Wildman–Crippen LogP) is 3.77. The van der Waals surface area contributed by atoms with Crippen LogP contribution >= 0.6 is 0 Å². The van der Waals surface area contributed by atoms with Gasteiger partial charge in [-0.2, -0.15) is 0 Å². The molecule has 0 atom stereocenters. The van der Waals surface area contributed by atoms with Crippen LogP contribution < -0.4 is 5.32 Å². The number of aryl methyl sites for hydroxylation is 1. The van der Waals surface area contributed by atoms with Crippen LogP contribution in [0.5, 0.6) is 0 Å². The number of halogens is 1. The summed E-state index contributed by atoms with van der Waals surface area (Å²) < 4.78 is 19.5. The second kappa shape index (κ2) is 8.23. The molecule has 154 valence electrons. The molecule has 3 amide bonds. The van der Waals surface area contributed by atoms with Gasteiger partial charge in [0.05, 0.1) is 5.69 Å². The number of piperidine rings is 1. The third kappa shape index (κ3) is 4.11. The molecule has 1 N–H and O–H groups in total. The summed E-state index contributed by atoms with van der Waals surface area (Å²) in [4.78, 5) is 33.0. The van der Waals surface area contributed by atoms with Crippen LogP contribution in [0.1, 0.15) is 53.7 Å². The SMILES string of the molecule is Cc1oc(C2CCN(C(=O)Nc3ccccc3F)CC2)nc1C(=O)N1CCCC1. The number of oxazole rings is 1. The van der Waals surface area contributed by atoms with Crippen LogP contribution in [-0.2, 0) is 0 Å². The molecule has 8 heteroatoms. The van der Waals surface area contributed by atoms with Crippen molar-refractivity contribution >= 4 is 17.6 Å². The normalized spacial score (nSPS) is 17.6. The van der Waals surface area contributed by atoms with Gasteiger partial charge >= 0.3 is 6.03 Å². The molecule has 1 aromatic carbocycles. The van der Waals surface area contributed by atoms with Gasteiger partial charge in [0, 0.05) is 32.1 Å². The van der Waals surface area contributed by atoms with Crippen LogP contribution in [0.3, 0.4) is 0 Å². The molecule has 0 aliphatic carbocycles. The van der Waals surface area contributed by atoms with Crippen LogP contribution in [0.25, 0.3) is 0 Å². The summed E-state index contributed by atoms with van der Waals surface area (Å²) >= 11 is 0. The number of carbonyl (C=O) groups is 2. The Morgan fingerprint density at radius 3 is 2.48 bits per heavy atom. The standard InChI is InChI=1S/C21H25FN4O3/c1-14-18(20(27)25-10-4-5-11-25)24-19(29-14)15-8-12-26(13-9-15)21(28)23-17-7-3-2-6-16(17)22/h2-3,6-7,15H,4-5,8-13H2,1H3,(H,23,28). The highest BCUT2D eigenvalue weighted by atomic mass is 19.1. The molecular formula is C21H25FN4O3. The van der Waals surface area contributed by atoms with Crippen molar-refractivity contribution in [2.45, 2.75) is 38.5 Å². The molecule has 3 heterocycles. The van der Waals surface area contributed by atoms with Gasteiger partial charge in [-0.1, -0.05) is 12.1 Å². The summed E-state index contributed by atoms with van der Waals surface area (Å²) in [5, 5.41) is 2.62. The van der Waals surface area contributed by atoms with Gasteiger partial charge in [-0.25, -0.2) is 14.2 Å². The van der Waals surface area contributed by atoms with Crippen molar-refractivity contribution in [1.29, 1.82) is 0 Å². The van der Waals surface area contributed by atoms with Crippen molar-refractivity contribution in [1.82, 2.24) is 14.8 Å². The molecular weight excluding hydrogens is 375 g/mol. The van der Waals surface area contributed by atoms with Gasteiger partial charge in [0.25, 0.3) is 5.91 Å². The molecule has 0 radical (unpaired) electrons. The zero-order valence-electron chi connectivity index (χ0n) is 16.5. The molecule has 2 saturated heterocycles. The zero-order chi connectivity index (χ0) is 20.4. The Morgan fingerprint density at radius 2 is 1.79 bits per heavy atom. The number of benzene rings is 1. The van der Waals surface area contributed by atoms with E-state index in [1.165, 1.54) is 12.1 Å². The van der Waals surface area contributed by atoms with E-state index in [1.54, 1.807) is 24.0 Å². The number of carbonyl (C=O) groups excluding carboxylic acids is 2. The molecule has 0 bridgehead atoms. The van der Waals surface area contributed by atoms with E-state index in [4.69, 9.17) is 4.42 Å². The summed E-state index contributed by atoms with van der Waals surface area (Å²) in [5.41, 5.74) is 0.578. The highest BCUT2D eigenvalue weighted by Crippen LogP contribution is 2.30. The number of aromatic nitrogens is 1. The Morgan fingerprint density at radius 1 is 1.10 bits per heavy atom. The van der Waals surface area contributed by atoms with Crippen LogP contribution in [0.15, 0.2) is 28.7 Å². The Kier molecular flexibility index (Phi) is 5.51. The van der Waals surface area contributed by atoms with E-state index in [1.807, 2.05) is 4.90 Å². The van der Waals surface area contributed by atoms with Crippen molar-refractivity contribution in [2.24, 2.45) is 0 Å². The Labute approximate surface area is 168 Å². The molecule has 4 rings (SSSR count). The Balaban J connectivity index is 1.36. The molecule has 2 aromatic rings. The van der Waals surface area contributed by atoms with Gasteiger partial charge in [-0.15, -0.1) is 0 Å². The maximum Gasteiger partial charge on any atom is 0.321 e. The fourth-order valence-corrected chi connectivity index (χ4v) is 3.95. The minimum atomic E-state index is -0.457. The quantitative estimate of drug-likeness (QED) is 0.851. The lowest BCUT2D eigenvalue weighted by atomic mass is 9.97. The first-order chi connectivity index (χ1) is 14.0. The number of hydrogen-bond acceptors (Lipinski definition) is 4. The number of hydrogen-bond donors (Lipinski definition) is 1. The summed E-state index contributed by atoms with van der Waals surface area (Å²) in [6, 6.07) is 5.79. The van der Waals surface area contributed by atoms with E-state index >= 15 is 0 Å². The number of amides is 3. The number of anilines is 1. The Hall–Kier alpha value is -2.90. The molecule has 0 spiro atoms. The molecule has 2 aliphatic rings. The lowest BCUT2D eigenvalue weighted by Crippen LogP contribution is -2.40. The van der Waals surface area contributed by atoms with Gasteiger partial charge in [-0.3, -0.25) is 4.79 Å². The second-order valence-electron chi connectivity index (χ2n) is 7.63. The van der Waals surface area contributed by atoms with E-state index < -0.39 is 5.82 Å². The monoisotopic (exact) mass is 400 g/mol. The minimum absolute atomic E-state index is 0.0586. The van der Waals surface area contributed by atoms with E-state index in [0.717, 1.165) is 25.9 Å². The highest BCUT2D eigenvalue weighted by molar-refractivity contribution is 5.93. The third-order valence-electron chi connectivity index (χ3n) is 5.66.